The van der Waals surface area contributed by atoms with E-state index in [0.29, 0.717) is 25.9 Å². The van der Waals surface area contributed by atoms with Gasteiger partial charge in [-0.2, -0.15) is 0 Å². The van der Waals surface area contributed by atoms with Crippen LogP contribution >= 0.6 is 0 Å². The molecule has 0 aliphatic heterocycles. The van der Waals surface area contributed by atoms with E-state index in [4.69, 9.17) is 4.74 Å². The van der Waals surface area contributed by atoms with Crippen LogP contribution in [0.3, 0.4) is 0 Å². The maximum absolute atomic E-state index is 12.4. The summed E-state index contributed by atoms with van der Waals surface area (Å²) in [5.74, 6) is -0.0174. The summed E-state index contributed by atoms with van der Waals surface area (Å²) in [7, 11) is 0. The summed E-state index contributed by atoms with van der Waals surface area (Å²) in [6.07, 6.45) is 82.4. The third-order valence-corrected chi connectivity index (χ3v) is 16.2. The van der Waals surface area contributed by atoms with Crippen molar-refractivity contribution in [3.8, 4) is 0 Å². The van der Waals surface area contributed by atoms with Crippen molar-refractivity contribution in [3.63, 3.8) is 0 Å². The molecule has 0 heterocycles. The van der Waals surface area contributed by atoms with Crippen LogP contribution in [0.5, 0.6) is 0 Å². The van der Waals surface area contributed by atoms with Crippen LogP contribution < -0.4 is 5.32 Å². The monoisotopic (exact) mass is 1070 g/mol. The number of ether oxygens (including phenoxy) is 1. The second kappa shape index (κ2) is 65.9. The molecule has 0 saturated heterocycles. The lowest BCUT2D eigenvalue weighted by Gasteiger charge is -2.22. The predicted molar refractivity (Wildman–Crippen MR) is 333 cm³/mol. The van der Waals surface area contributed by atoms with E-state index in [1.165, 1.54) is 308 Å². The molecule has 450 valence electrons. The van der Waals surface area contributed by atoms with Gasteiger partial charge in [0.1, 0.15) is 0 Å². The number of aliphatic hydroxyl groups is 2. The smallest absolute Gasteiger partial charge is 0.305 e. The van der Waals surface area contributed by atoms with E-state index in [0.717, 1.165) is 44.9 Å². The largest absolute Gasteiger partial charge is 0.466 e. The van der Waals surface area contributed by atoms with Crippen molar-refractivity contribution in [2.75, 3.05) is 13.2 Å². The Balaban J connectivity index is 3.31. The molecule has 0 aliphatic rings. The topological polar surface area (TPSA) is 95.9 Å². The fourth-order valence-corrected chi connectivity index (χ4v) is 10.9. The second-order valence-electron chi connectivity index (χ2n) is 23.9. The van der Waals surface area contributed by atoms with Gasteiger partial charge in [0.05, 0.1) is 25.4 Å². The van der Waals surface area contributed by atoms with Gasteiger partial charge >= 0.3 is 5.97 Å². The number of carbonyl (C=O) groups is 2. The first-order valence-electron chi connectivity index (χ1n) is 34.6. The summed E-state index contributed by atoms with van der Waals surface area (Å²) in [6.45, 7) is 4.96. The summed E-state index contributed by atoms with van der Waals surface area (Å²) in [6, 6.07) is -0.537. The summed E-state index contributed by atoms with van der Waals surface area (Å²) in [5.41, 5.74) is 0. The Morgan fingerprint density at radius 2 is 0.618 bits per heavy atom. The molecule has 0 fully saturated rings. The van der Waals surface area contributed by atoms with Gasteiger partial charge in [0, 0.05) is 12.8 Å². The molecule has 0 radical (unpaired) electrons. The van der Waals surface area contributed by atoms with E-state index in [1.54, 1.807) is 0 Å². The van der Waals surface area contributed by atoms with E-state index in [2.05, 4.69) is 43.5 Å². The van der Waals surface area contributed by atoms with Crippen LogP contribution in [-0.2, 0) is 14.3 Å². The Morgan fingerprint density at radius 1 is 0.355 bits per heavy atom. The zero-order valence-electron chi connectivity index (χ0n) is 51.5. The number of nitrogens with one attached hydrogen (secondary N) is 1. The highest BCUT2D eigenvalue weighted by atomic mass is 16.5. The first kappa shape index (κ1) is 74.3. The maximum Gasteiger partial charge on any atom is 0.305 e. The third kappa shape index (κ3) is 61.6. The molecule has 2 unspecified atom stereocenters. The van der Waals surface area contributed by atoms with E-state index in [1.807, 2.05) is 0 Å². The average molecular weight is 1070 g/mol. The lowest BCUT2D eigenvalue weighted by atomic mass is 10.0. The van der Waals surface area contributed by atoms with E-state index >= 15 is 0 Å². The highest BCUT2D eigenvalue weighted by Gasteiger charge is 2.20. The molecule has 6 heteroatoms. The van der Waals surface area contributed by atoms with Gasteiger partial charge in [-0.1, -0.05) is 321 Å². The fourth-order valence-electron chi connectivity index (χ4n) is 10.9. The molecule has 0 aromatic heterocycles. The van der Waals surface area contributed by atoms with Crippen LogP contribution in [0.1, 0.15) is 386 Å². The van der Waals surface area contributed by atoms with Crippen molar-refractivity contribution in [2.24, 2.45) is 0 Å². The van der Waals surface area contributed by atoms with E-state index in [-0.39, 0.29) is 18.5 Å². The second-order valence-corrected chi connectivity index (χ2v) is 23.9. The average Bonchev–Trinajstić information content (AvgIpc) is 3.42. The number of hydrogen-bond donors (Lipinski definition) is 3. The first-order chi connectivity index (χ1) is 37.5. The van der Waals surface area contributed by atoms with Crippen LogP contribution in [0, 0.1) is 0 Å². The molecule has 0 spiro atoms. The van der Waals surface area contributed by atoms with Crippen molar-refractivity contribution in [1.82, 2.24) is 5.32 Å². The van der Waals surface area contributed by atoms with Crippen LogP contribution in [0.2, 0.25) is 0 Å². The van der Waals surface area contributed by atoms with E-state index < -0.39 is 12.1 Å². The quantitative estimate of drug-likeness (QED) is 0.0320. The molecule has 0 rings (SSSR count). The number of unbranched alkanes of at least 4 members (excludes halogenated alkanes) is 50. The van der Waals surface area contributed by atoms with Crippen LogP contribution in [0.4, 0.5) is 0 Å². The van der Waals surface area contributed by atoms with Gasteiger partial charge in [-0.25, -0.2) is 0 Å². The van der Waals surface area contributed by atoms with Crippen LogP contribution in [0.15, 0.2) is 24.3 Å². The molecule has 76 heavy (non-hydrogen) atoms. The minimum atomic E-state index is -0.660. The number of allylic oxidation sites excluding steroid dienone is 4. The molecule has 0 saturated carbocycles. The van der Waals surface area contributed by atoms with Gasteiger partial charge in [-0.15, -0.1) is 0 Å². The van der Waals surface area contributed by atoms with Crippen molar-refractivity contribution in [1.29, 1.82) is 0 Å². The Hall–Kier alpha value is -1.66. The summed E-state index contributed by atoms with van der Waals surface area (Å²) in [5, 5.41) is 23.1. The standard InChI is InChI=1S/C70H135NO5/c1-3-5-7-9-11-13-14-15-16-17-35-38-41-44-48-52-56-60-64-70(75)76-65-61-57-53-49-45-42-39-36-33-31-29-27-25-23-21-19-18-20-22-24-26-28-30-32-34-37-40-43-47-51-55-59-63-69(74)71-67(66-72)68(73)62-58-54-50-46-12-10-8-6-4-2/h16-17,21,23,67-68,72-73H,3-15,18-20,22,24-66H2,1-2H3,(H,71,74)/b17-16-,23-21-. The van der Waals surface area contributed by atoms with Crippen molar-refractivity contribution >= 4 is 11.9 Å². The third-order valence-electron chi connectivity index (χ3n) is 16.2. The molecule has 6 nitrogen and oxygen atoms in total. The molecule has 0 aliphatic carbocycles. The fraction of sp³-hybridized carbons (Fsp3) is 0.914. The lowest BCUT2D eigenvalue weighted by Crippen LogP contribution is -2.45. The molecular formula is C70H135NO5. The minimum Gasteiger partial charge on any atom is -0.466 e. The zero-order chi connectivity index (χ0) is 55.0. The number of carbonyl (C=O) groups excluding carboxylic acids is 2. The molecule has 0 bridgehead atoms. The predicted octanol–water partition coefficient (Wildman–Crippen LogP) is 22.1. The normalized spacial score (nSPS) is 12.6. The van der Waals surface area contributed by atoms with Gasteiger partial charge in [0.15, 0.2) is 0 Å². The van der Waals surface area contributed by atoms with Gasteiger partial charge in [-0.05, 0) is 77.0 Å². The molecule has 0 aromatic rings. The zero-order valence-corrected chi connectivity index (χ0v) is 51.5. The Kier molecular flexibility index (Phi) is 64.4. The lowest BCUT2D eigenvalue weighted by molar-refractivity contribution is -0.143. The van der Waals surface area contributed by atoms with Gasteiger partial charge < -0.3 is 20.3 Å². The number of amides is 1. The molecule has 1 amide bonds. The van der Waals surface area contributed by atoms with Gasteiger partial charge in [0.25, 0.3) is 0 Å². The van der Waals surface area contributed by atoms with Gasteiger partial charge in [0.2, 0.25) is 5.91 Å². The first-order valence-corrected chi connectivity index (χ1v) is 34.6. The van der Waals surface area contributed by atoms with Gasteiger partial charge in [-0.3, -0.25) is 9.59 Å². The van der Waals surface area contributed by atoms with Crippen molar-refractivity contribution < 1.29 is 24.5 Å². The highest BCUT2D eigenvalue weighted by molar-refractivity contribution is 5.76. The summed E-state index contributed by atoms with van der Waals surface area (Å²) >= 11 is 0. The van der Waals surface area contributed by atoms with Crippen LogP contribution in [0.25, 0.3) is 0 Å². The Labute approximate surface area is 475 Å². The molecular weight excluding hydrogens is 935 g/mol. The number of rotatable bonds is 65. The molecule has 3 N–H and O–H groups in total. The SMILES string of the molecule is CCCCCCCCC/C=C\CCCCCCCCCC(=O)OCCCCCCCCCCCCCC/C=C\CCCCCCCCCCCCCCCCCCC(=O)NC(CO)C(O)CCCCCCCCCCC. The number of aliphatic hydroxyl groups excluding tert-OH is 2. The Bertz CT molecular complexity index is 1190. The molecule has 0 aromatic carbocycles. The Morgan fingerprint density at radius 3 is 0.934 bits per heavy atom. The summed E-state index contributed by atoms with van der Waals surface area (Å²) in [4.78, 5) is 24.5. The summed E-state index contributed by atoms with van der Waals surface area (Å²) < 4.78 is 5.50. The van der Waals surface area contributed by atoms with Crippen molar-refractivity contribution in [2.45, 2.75) is 398 Å². The van der Waals surface area contributed by atoms with Crippen LogP contribution in [-0.4, -0.2) is 47.4 Å². The van der Waals surface area contributed by atoms with Crippen molar-refractivity contribution in [3.05, 3.63) is 24.3 Å². The highest BCUT2D eigenvalue weighted by Crippen LogP contribution is 2.18. The maximum atomic E-state index is 12.4. The number of esters is 1. The molecule has 2 atom stereocenters. The number of hydrogen-bond acceptors (Lipinski definition) is 5. The minimum absolute atomic E-state index is 0.0158. The van der Waals surface area contributed by atoms with E-state index in [9.17, 15) is 19.8 Å².